The Morgan fingerprint density at radius 3 is 2.83 bits per heavy atom. The maximum atomic E-state index is 11.9. The second-order valence-corrected chi connectivity index (χ2v) is 4.42. The maximum absolute atomic E-state index is 11.9. The van der Waals surface area contributed by atoms with E-state index in [1.54, 1.807) is 31.4 Å². The molecule has 0 saturated carbocycles. The van der Waals surface area contributed by atoms with Crippen molar-refractivity contribution in [1.82, 2.24) is 5.32 Å². The van der Waals surface area contributed by atoms with Crippen LogP contribution in [0.3, 0.4) is 0 Å². The van der Waals surface area contributed by atoms with Gasteiger partial charge in [0.2, 0.25) is 0 Å². The quantitative estimate of drug-likeness (QED) is 0.779. The molecule has 1 fully saturated rings. The Labute approximate surface area is 107 Å². The molecule has 0 spiro atoms. The third-order valence-electron chi connectivity index (χ3n) is 3.09. The molecule has 0 amide bonds. The fourth-order valence-electron chi connectivity index (χ4n) is 2.03. The molecule has 0 bridgehead atoms. The molecule has 1 aromatic rings. The summed E-state index contributed by atoms with van der Waals surface area (Å²) in [7, 11) is 1.61. The highest BCUT2D eigenvalue weighted by atomic mass is 16.5. The van der Waals surface area contributed by atoms with Crippen LogP contribution in [0.2, 0.25) is 0 Å². The molecule has 1 unspecified atom stereocenters. The summed E-state index contributed by atoms with van der Waals surface area (Å²) >= 11 is 0. The van der Waals surface area contributed by atoms with E-state index in [-0.39, 0.29) is 11.9 Å². The van der Waals surface area contributed by atoms with Crippen LogP contribution in [-0.2, 0) is 4.74 Å². The first-order valence-corrected chi connectivity index (χ1v) is 6.29. The van der Waals surface area contributed by atoms with Gasteiger partial charge < -0.3 is 14.8 Å². The minimum Gasteiger partial charge on any atom is -0.497 e. The van der Waals surface area contributed by atoms with E-state index in [4.69, 9.17) is 9.47 Å². The van der Waals surface area contributed by atoms with Gasteiger partial charge in [-0.2, -0.15) is 0 Å². The van der Waals surface area contributed by atoms with Gasteiger partial charge in [-0.05, 0) is 37.1 Å². The minimum atomic E-state index is 0.0932. The molecule has 1 N–H and O–H groups in total. The highest BCUT2D eigenvalue weighted by Crippen LogP contribution is 2.12. The molecule has 1 aromatic carbocycles. The maximum Gasteiger partial charge on any atom is 0.176 e. The van der Waals surface area contributed by atoms with Crippen molar-refractivity contribution in [3.8, 4) is 5.75 Å². The average Bonchev–Trinajstić information content (AvgIpc) is 2.92. The molecule has 0 aliphatic carbocycles. The van der Waals surface area contributed by atoms with Crippen molar-refractivity contribution in [2.24, 2.45) is 0 Å². The first kappa shape index (κ1) is 13.1. The van der Waals surface area contributed by atoms with Crippen LogP contribution in [-0.4, -0.2) is 38.7 Å². The lowest BCUT2D eigenvalue weighted by molar-refractivity contribution is 0.0955. The molecule has 4 nitrogen and oxygen atoms in total. The van der Waals surface area contributed by atoms with Crippen LogP contribution < -0.4 is 10.1 Å². The Morgan fingerprint density at radius 2 is 2.22 bits per heavy atom. The molecule has 1 saturated heterocycles. The van der Waals surface area contributed by atoms with Crippen LogP contribution in [0.1, 0.15) is 23.2 Å². The molecule has 0 radical (unpaired) electrons. The van der Waals surface area contributed by atoms with E-state index in [9.17, 15) is 4.79 Å². The zero-order valence-electron chi connectivity index (χ0n) is 10.6. The zero-order valence-corrected chi connectivity index (χ0v) is 10.6. The lowest BCUT2D eigenvalue weighted by Crippen LogP contribution is -2.30. The van der Waals surface area contributed by atoms with E-state index < -0.39 is 0 Å². The second kappa shape index (κ2) is 6.52. The summed E-state index contributed by atoms with van der Waals surface area (Å²) in [4.78, 5) is 11.9. The van der Waals surface area contributed by atoms with Gasteiger partial charge in [-0.25, -0.2) is 0 Å². The van der Waals surface area contributed by atoms with E-state index in [0.717, 1.165) is 31.7 Å². The molecule has 1 aliphatic heterocycles. The van der Waals surface area contributed by atoms with Gasteiger partial charge in [0.1, 0.15) is 5.75 Å². The molecule has 4 heteroatoms. The summed E-state index contributed by atoms with van der Waals surface area (Å²) in [5.41, 5.74) is 0.704. The van der Waals surface area contributed by atoms with Gasteiger partial charge in [0.05, 0.1) is 19.8 Å². The lowest BCUT2D eigenvalue weighted by Gasteiger charge is -2.10. The highest BCUT2D eigenvalue weighted by Gasteiger charge is 2.15. The van der Waals surface area contributed by atoms with Gasteiger partial charge in [-0.1, -0.05) is 0 Å². The number of ketones is 1. The number of nitrogens with one attached hydrogen (secondary N) is 1. The van der Waals surface area contributed by atoms with Gasteiger partial charge in [0.15, 0.2) is 5.78 Å². The first-order valence-electron chi connectivity index (χ1n) is 6.29. The Hall–Kier alpha value is -1.39. The van der Waals surface area contributed by atoms with Gasteiger partial charge in [0, 0.05) is 18.7 Å². The molecular weight excluding hydrogens is 230 g/mol. The van der Waals surface area contributed by atoms with Crippen molar-refractivity contribution >= 4 is 5.78 Å². The summed E-state index contributed by atoms with van der Waals surface area (Å²) in [5, 5.41) is 3.15. The number of benzene rings is 1. The van der Waals surface area contributed by atoms with E-state index >= 15 is 0 Å². The molecule has 18 heavy (non-hydrogen) atoms. The molecule has 1 atom stereocenters. The predicted molar refractivity (Wildman–Crippen MR) is 69.2 cm³/mol. The van der Waals surface area contributed by atoms with Crippen LogP contribution in [0, 0.1) is 0 Å². The second-order valence-electron chi connectivity index (χ2n) is 4.42. The van der Waals surface area contributed by atoms with Crippen molar-refractivity contribution in [2.75, 3.05) is 26.8 Å². The van der Waals surface area contributed by atoms with Crippen molar-refractivity contribution in [2.45, 2.75) is 18.9 Å². The fraction of sp³-hybridized carbons (Fsp3) is 0.500. The Balaban J connectivity index is 1.76. The Morgan fingerprint density at radius 1 is 1.44 bits per heavy atom. The third-order valence-corrected chi connectivity index (χ3v) is 3.09. The summed E-state index contributed by atoms with van der Waals surface area (Å²) in [6.45, 7) is 1.95. The van der Waals surface area contributed by atoms with Crippen LogP contribution in [0.4, 0.5) is 0 Å². The SMILES string of the molecule is COc1ccc(C(=O)CNCC2CCCO2)cc1. The molecule has 0 aromatic heterocycles. The summed E-state index contributed by atoms with van der Waals surface area (Å²) in [6.07, 6.45) is 2.48. The molecule has 1 aliphatic rings. The topological polar surface area (TPSA) is 47.6 Å². The van der Waals surface area contributed by atoms with Crippen molar-refractivity contribution in [1.29, 1.82) is 0 Å². The van der Waals surface area contributed by atoms with E-state index in [2.05, 4.69) is 5.32 Å². The van der Waals surface area contributed by atoms with E-state index in [0.29, 0.717) is 12.1 Å². The number of hydrogen-bond acceptors (Lipinski definition) is 4. The van der Waals surface area contributed by atoms with Crippen LogP contribution in [0.5, 0.6) is 5.75 Å². The standard InChI is InChI=1S/C14H19NO3/c1-17-12-6-4-11(5-7-12)14(16)10-15-9-13-3-2-8-18-13/h4-7,13,15H,2-3,8-10H2,1H3. The van der Waals surface area contributed by atoms with Crippen molar-refractivity contribution in [3.63, 3.8) is 0 Å². The zero-order chi connectivity index (χ0) is 12.8. The van der Waals surface area contributed by atoms with Crippen molar-refractivity contribution in [3.05, 3.63) is 29.8 Å². The number of rotatable bonds is 6. The highest BCUT2D eigenvalue weighted by molar-refractivity contribution is 5.97. The number of carbonyl (C=O) groups excluding carboxylic acids is 1. The van der Waals surface area contributed by atoms with Gasteiger partial charge in [0.25, 0.3) is 0 Å². The predicted octanol–water partition coefficient (Wildman–Crippen LogP) is 1.65. The average molecular weight is 249 g/mol. The molecule has 1 heterocycles. The monoisotopic (exact) mass is 249 g/mol. The normalized spacial score (nSPS) is 18.8. The Kier molecular flexibility index (Phi) is 4.73. The van der Waals surface area contributed by atoms with Gasteiger partial charge in [-0.15, -0.1) is 0 Å². The Bertz CT molecular complexity index is 383. The molecular formula is C14H19NO3. The molecule has 2 rings (SSSR count). The third kappa shape index (κ3) is 3.55. The number of ether oxygens (including phenoxy) is 2. The smallest absolute Gasteiger partial charge is 0.176 e. The number of Topliss-reactive ketones (excluding diaryl/α,β-unsaturated/α-hetero) is 1. The van der Waals surface area contributed by atoms with Crippen LogP contribution in [0.25, 0.3) is 0 Å². The van der Waals surface area contributed by atoms with Gasteiger partial charge in [-0.3, -0.25) is 4.79 Å². The minimum absolute atomic E-state index is 0.0932. The van der Waals surface area contributed by atoms with E-state index in [1.165, 1.54) is 0 Å². The van der Waals surface area contributed by atoms with Crippen LogP contribution >= 0.6 is 0 Å². The van der Waals surface area contributed by atoms with Crippen molar-refractivity contribution < 1.29 is 14.3 Å². The fourth-order valence-corrected chi connectivity index (χ4v) is 2.03. The number of carbonyl (C=O) groups is 1. The summed E-state index contributed by atoms with van der Waals surface area (Å²) < 4.78 is 10.5. The van der Waals surface area contributed by atoms with E-state index in [1.807, 2.05) is 0 Å². The lowest BCUT2D eigenvalue weighted by atomic mass is 10.1. The molecule has 98 valence electrons. The number of hydrogen-bond donors (Lipinski definition) is 1. The number of methoxy groups -OCH3 is 1. The van der Waals surface area contributed by atoms with Crippen LogP contribution in [0.15, 0.2) is 24.3 Å². The largest absolute Gasteiger partial charge is 0.497 e. The summed E-state index contributed by atoms with van der Waals surface area (Å²) in [6, 6.07) is 7.17. The van der Waals surface area contributed by atoms with Gasteiger partial charge >= 0.3 is 0 Å². The first-order chi connectivity index (χ1) is 8.79. The summed E-state index contributed by atoms with van der Waals surface area (Å²) in [5.74, 6) is 0.856.